The van der Waals surface area contributed by atoms with Crippen LogP contribution in [-0.2, 0) is 11.3 Å². The summed E-state index contributed by atoms with van der Waals surface area (Å²) >= 11 is 7.23. The topological polar surface area (TPSA) is 55.1 Å². The summed E-state index contributed by atoms with van der Waals surface area (Å²) in [6, 6.07) is 3.74. The third kappa shape index (κ3) is 4.09. The van der Waals surface area contributed by atoms with E-state index >= 15 is 0 Å². The van der Waals surface area contributed by atoms with Crippen LogP contribution in [0.15, 0.2) is 12.1 Å². The number of hydrogen-bond acceptors (Lipinski definition) is 3. The van der Waals surface area contributed by atoms with Crippen LogP contribution in [0.1, 0.15) is 17.7 Å². The Morgan fingerprint density at radius 1 is 1.57 bits per heavy atom. The Kier molecular flexibility index (Phi) is 4.93. The second-order valence-electron chi connectivity index (χ2n) is 2.87. The normalized spacial score (nSPS) is 10.1. The van der Waals surface area contributed by atoms with Gasteiger partial charge >= 0.3 is 0 Å². The highest BCUT2D eigenvalue weighted by Crippen LogP contribution is 2.20. The Hall–Kier alpha value is -0.580. The molecular formula is C9H13ClN2OS. The largest absolute Gasteiger partial charge is 0.351 e. The van der Waals surface area contributed by atoms with E-state index in [-0.39, 0.29) is 5.91 Å². The van der Waals surface area contributed by atoms with Crippen molar-refractivity contribution < 1.29 is 4.79 Å². The van der Waals surface area contributed by atoms with Crippen LogP contribution in [0.25, 0.3) is 0 Å². The number of halogens is 1. The molecule has 0 aliphatic heterocycles. The van der Waals surface area contributed by atoms with Crippen molar-refractivity contribution in [3.8, 4) is 0 Å². The van der Waals surface area contributed by atoms with E-state index in [0.29, 0.717) is 19.5 Å². The van der Waals surface area contributed by atoms with Gasteiger partial charge in [-0.05, 0) is 25.1 Å². The van der Waals surface area contributed by atoms with E-state index in [1.807, 2.05) is 12.1 Å². The van der Waals surface area contributed by atoms with Gasteiger partial charge in [0, 0.05) is 11.3 Å². The Morgan fingerprint density at radius 2 is 2.36 bits per heavy atom. The van der Waals surface area contributed by atoms with Gasteiger partial charge in [0.1, 0.15) is 0 Å². The number of nitrogens with one attached hydrogen (secondary N) is 1. The van der Waals surface area contributed by atoms with Crippen LogP contribution in [0.3, 0.4) is 0 Å². The van der Waals surface area contributed by atoms with Crippen molar-refractivity contribution in [3.05, 3.63) is 21.3 Å². The highest BCUT2D eigenvalue weighted by atomic mass is 35.5. The van der Waals surface area contributed by atoms with Crippen molar-refractivity contribution in [1.29, 1.82) is 0 Å². The number of carbonyl (C=O) groups is 1. The quantitative estimate of drug-likeness (QED) is 0.813. The molecule has 78 valence electrons. The van der Waals surface area contributed by atoms with E-state index < -0.39 is 0 Å². The zero-order chi connectivity index (χ0) is 10.4. The van der Waals surface area contributed by atoms with Crippen molar-refractivity contribution in [2.75, 3.05) is 6.54 Å². The predicted molar refractivity (Wildman–Crippen MR) is 59.5 cm³/mol. The van der Waals surface area contributed by atoms with Crippen LogP contribution in [0.2, 0.25) is 4.34 Å². The summed E-state index contributed by atoms with van der Waals surface area (Å²) < 4.78 is 0.746. The van der Waals surface area contributed by atoms with Crippen LogP contribution >= 0.6 is 22.9 Å². The smallest absolute Gasteiger partial charge is 0.220 e. The van der Waals surface area contributed by atoms with Crippen molar-refractivity contribution >= 4 is 28.8 Å². The number of hydrogen-bond donors (Lipinski definition) is 2. The van der Waals surface area contributed by atoms with Crippen LogP contribution in [-0.4, -0.2) is 12.5 Å². The predicted octanol–water partition coefficient (Wildman–Crippen LogP) is 1.76. The van der Waals surface area contributed by atoms with Gasteiger partial charge in [-0.1, -0.05) is 11.6 Å². The lowest BCUT2D eigenvalue weighted by molar-refractivity contribution is -0.121. The Bertz CT molecular complexity index is 301. The van der Waals surface area contributed by atoms with Crippen molar-refractivity contribution in [1.82, 2.24) is 5.32 Å². The van der Waals surface area contributed by atoms with E-state index in [1.165, 1.54) is 11.3 Å². The van der Waals surface area contributed by atoms with Crippen molar-refractivity contribution in [2.45, 2.75) is 19.4 Å². The average Bonchev–Trinajstić information content (AvgIpc) is 2.58. The monoisotopic (exact) mass is 232 g/mol. The maximum Gasteiger partial charge on any atom is 0.220 e. The number of thiophene rings is 1. The maximum atomic E-state index is 11.2. The molecule has 1 aromatic heterocycles. The SMILES string of the molecule is NCCCC(=O)NCc1ccc(Cl)s1. The lowest BCUT2D eigenvalue weighted by Gasteiger charge is -2.01. The molecule has 1 amide bonds. The van der Waals surface area contributed by atoms with Gasteiger partial charge in [0.05, 0.1) is 10.9 Å². The molecule has 1 heterocycles. The van der Waals surface area contributed by atoms with Gasteiger partial charge in [-0.15, -0.1) is 11.3 Å². The zero-order valence-electron chi connectivity index (χ0n) is 7.75. The highest BCUT2D eigenvalue weighted by Gasteiger charge is 2.01. The minimum absolute atomic E-state index is 0.0416. The molecule has 1 rings (SSSR count). The Labute approximate surface area is 92.3 Å². The summed E-state index contributed by atoms with van der Waals surface area (Å²) in [6.07, 6.45) is 1.23. The van der Waals surface area contributed by atoms with Gasteiger partial charge in [-0.25, -0.2) is 0 Å². The lowest BCUT2D eigenvalue weighted by atomic mass is 10.3. The molecule has 0 spiro atoms. The molecule has 3 nitrogen and oxygen atoms in total. The highest BCUT2D eigenvalue weighted by molar-refractivity contribution is 7.16. The number of rotatable bonds is 5. The van der Waals surface area contributed by atoms with Gasteiger partial charge < -0.3 is 11.1 Å². The fraction of sp³-hybridized carbons (Fsp3) is 0.444. The molecule has 0 radical (unpaired) electrons. The molecule has 0 atom stereocenters. The molecule has 0 saturated heterocycles. The van der Waals surface area contributed by atoms with Crippen LogP contribution in [0.4, 0.5) is 0 Å². The van der Waals surface area contributed by atoms with E-state index in [1.54, 1.807) is 0 Å². The molecule has 1 aromatic rings. The third-order valence-corrected chi connectivity index (χ3v) is 2.93. The first-order valence-corrected chi connectivity index (χ1v) is 5.63. The standard InChI is InChI=1S/C9H13ClN2OS/c10-8-4-3-7(14-8)6-12-9(13)2-1-5-11/h3-4H,1-2,5-6,11H2,(H,12,13). The van der Waals surface area contributed by atoms with E-state index in [9.17, 15) is 4.79 Å². The van der Waals surface area contributed by atoms with Gasteiger partial charge in [0.25, 0.3) is 0 Å². The first-order valence-electron chi connectivity index (χ1n) is 4.43. The van der Waals surface area contributed by atoms with E-state index in [4.69, 9.17) is 17.3 Å². The Balaban J connectivity index is 2.23. The van der Waals surface area contributed by atoms with Gasteiger partial charge in [-0.3, -0.25) is 4.79 Å². The number of nitrogens with two attached hydrogens (primary N) is 1. The maximum absolute atomic E-state index is 11.2. The molecule has 5 heteroatoms. The summed E-state index contributed by atoms with van der Waals surface area (Å²) in [5.41, 5.74) is 5.29. The summed E-state index contributed by atoms with van der Waals surface area (Å²) in [5, 5.41) is 2.80. The van der Waals surface area contributed by atoms with Crippen LogP contribution < -0.4 is 11.1 Å². The molecule has 0 aliphatic carbocycles. The molecule has 0 aromatic carbocycles. The first-order chi connectivity index (χ1) is 6.72. The molecule has 0 fully saturated rings. The van der Waals surface area contributed by atoms with Crippen molar-refractivity contribution in [3.63, 3.8) is 0 Å². The van der Waals surface area contributed by atoms with Gasteiger partial charge in [0.15, 0.2) is 0 Å². The summed E-state index contributed by atoms with van der Waals surface area (Å²) in [7, 11) is 0. The fourth-order valence-electron chi connectivity index (χ4n) is 0.983. The van der Waals surface area contributed by atoms with Crippen molar-refractivity contribution in [2.24, 2.45) is 5.73 Å². The van der Waals surface area contributed by atoms with Crippen LogP contribution in [0, 0.1) is 0 Å². The molecule has 0 bridgehead atoms. The van der Waals surface area contributed by atoms with Gasteiger partial charge in [-0.2, -0.15) is 0 Å². The van der Waals surface area contributed by atoms with Crippen LogP contribution in [0.5, 0.6) is 0 Å². The van der Waals surface area contributed by atoms with E-state index in [2.05, 4.69) is 5.32 Å². The minimum Gasteiger partial charge on any atom is -0.351 e. The molecule has 14 heavy (non-hydrogen) atoms. The lowest BCUT2D eigenvalue weighted by Crippen LogP contribution is -2.22. The summed E-state index contributed by atoms with van der Waals surface area (Å²) in [6.45, 7) is 1.11. The molecular weight excluding hydrogens is 220 g/mol. The number of carbonyl (C=O) groups excluding carboxylic acids is 1. The first kappa shape index (κ1) is 11.5. The molecule has 0 unspecified atom stereocenters. The third-order valence-electron chi connectivity index (χ3n) is 1.70. The van der Waals surface area contributed by atoms with E-state index in [0.717, 1.165) is 15.6 Å². The molecule has 3 N–H and O–H groups in total. The second-order valence-corrected chi connectivity index (χ2v) is 4.67. The van der Waals surface area contributed by atoms with Gasteiger partial charge in [0.2, 0.25) is 5.91 Å². The minimum atomic E-state index is 0.0416. The zero-order valence-corrected chi connectivity index (χ0v) is 9.33. The Morgan fingerprint density at radius 3 is 2.93 bits per heavy atom. The second kappa shape index (κ2) is 6.01. The summed E-state index contributed by atoms with van der Waals surface area (Å²) in [5.74, 6) is 0.0416. The fourth-order valence-corrected chi connectivity index (χ4v) is 2.01. The average molecular weight is 233 g/mol. The number of amides is 1. The molecule has 0 aliphatic rings. The molecule has 0 saturated carbocycles. The summed E-state index contributed by atoms with van der Waals surface area (Å²) in [4.78, 5) is 12.3.